The van der Waals surface area contributed by atoms with Crippen LogP contribution < -0.4 is 0 Å². The lowest BCUT2D eigenvalue weighted by molar-refractivity contribution is -0.131. The van der Waals surface area contributed by atoms with Gasteiger partial charge in [-0.25, -0.2) is 0 Å². The number of ether oxygens (including phenoxy) is 1. The Morgan fingerprint density at radius 2 is 2.17 bits per heavy atom. The largest absolute Gasteiger partial charge is 0.382 e. The minimum absolute atomic E-state index is 0.306. The van der Waals surface area contributed by atoms with Crippen LogP contribution in [0.5, 0.6) is 0 Å². The summed E-state index contributed by atoms with van der Waals surface area (Å²) < 4.78 is 5.00. The number of rotatable bonds is 2. The lowest BCUT2D eigenvalue weighted by Gasteiger charge is -2.42. The molecule has 3 aliphatic heterocycles. The van der Waals surface area contributed by atoms with Crippen LogP contribution in [0.4, 0.5) is 0 Å². The molecule has 67 valence electrons. The van der Waals surface area contributed by atoms with Gasteiger partial charge < -0.3 is 4.74 Å². The van der Waals surface area contributed by atoms with E-state index in [0.29, 0.717) is 18.3 Å². The Balaban J connectivity index is 2.07. The van der Waals surface area contributed by atoms with Crippen molar-refractivity contribution in [2.45, 2.75) is 12.8 Å². The zero-order valence-corrected chi connectivity index (χ0v) is 7.38. The summed E-state index contributed by atoms with van der Waals surface area (Å²) in [6.45, 7) is 2.60. The molecule has 1 radical (unpaired) electrons. The molecule has 3 aliphatic rings. The van der Waals surface area contributed by atoms with E-state index in [1.54, 1.807) is 7.11 Å². The van der Waals surface area contributed by atoms with Crippen LogP contribution in [0.3, 0.4) is 0 Å². The molecule has 3 rings (SSSR count). The Labute approximate surface area is 72.7 Å². The Kier molecular flexibility index (Phi) is 2.15. The molecule has 2 bridgehead atoms. The van der Waals surface area contributed by atoms with E-state index in [1.807, 2.05) is 0 Å². The van der Waals surface area contributed by atoms with E-state index < -0.39 is 0 Å². The zero-order chi connectivity index (χ0) is 8.55. The molecule has 3 saturated heterocycles. The molecular weight excluding hydrogens is 154 g/mol. The number of carbonyl (C=O) groups is 1. The minimum atomic E-state index is 0.306. The average molecular weight is 168 g/mol. The van der Waals surface area contributed by atoms with Crippen molar-refractivity contribution >= 4 is 5.78 Å². The molecule has 0 saturated carbocycles. The molecular formula is C9H14NO2. The van der Waals surface area contributed by atoms with Gasteiger partial charge in [0.2, 0.25) is 0 Å². The van der Waals surface area contributed by atoms with Crippen LogP contribution in [0, 0.1) is 12.0 Å². The Hall–Kier alpha value is -0.410. The molecule has 0 spiro atoms. The van der Waals surface area contributed by atoms with Crippen LogP contribution in [0.25, 0.3) is 0 Å². The molecule has 3 fully saturated rings. The first kappa shape index (κ1) is 8.20. The average Bonchev–Trinajstić information content (AvgIpc) is 2.12. The third-order valence-electron chi connectivity index (χ3n) is 2.81. The number of carbonyl (C=O) groups excluding carboxylic acids is 1. The van der Waals surface area contributed by atoms with Gasteiger partial charge in [-0.3, -0.25) is 9.69 Å². The van der Waals surface area contributed by atoms with Gasteiger partial charge in [0.1, 0.15) is 6.04 Å². The Bertz CT molecular complexity index is 185. The van der Waals surface area contributed by atoms with Crippen LogP contribution in [0.15, 0.2) is 0 Å². The summed E-state index contributed by atoms with van der Waals surface area (Å²) in [7, 11) is 1.64. The molecule has 12 heavy (non-hydrogen) atoms. The summed E-state index contributed by atoms with van der Waals surface area (Å²) in [5.74, 6) is 0.634. The standard InChI is InChI=1S/C9H14NO2/c1-12-6-8-9(11)7-2-4-10(8)5-3-7/h7H,2-6H2,1H3. The zero-order valence-electron chi connectivity index (χ0n) is 7.38. The second kappa shape index (κ2) is 3.15. The van der Waals surface area contributed by atoms with Gasteiger partial charge in [0.05, 0.1) is 6.61 Å². The second-order valence-electron chi connectivity index (χ2n) is 3.51. The lowest BCUT2D eigenvalue weighted by atomic mass is 9.82. The van der Waals surface area contributed by atoms with Gasteiger partial charge in [-0.1, -0.05) is 0 Å². The van der Waals surface area contributed by atoms with Crippen molar-refractivity contribution in [3.05, 3.63) is 6.04 Å². The highest BCUT2D eigenvalue weighted by molar-refractivity contribution is 5.95. The fourth-order valence-electron chi connectivity index (χ4n) is 2.10. The van der Waals surface area contributed by atoms with Crippen molar-refractivity contribution in [2.24, 2.45) is 5.92 Å². The maximum Gasteiger partial charge on any atom is 0.161 e. The van der Waals surface area contributed by atoms with E-state index >= 15 is 0 Å². The van der Waals surface area contributed by atoms with Crippen molar-refractivity contribution in [3.8, 4) is 0 Å². The van der Waals surface area contributed by atoms with Gasteiger partial charge in [0, 0.05) is 13.0 Å². The highest BCUT2D eigenvalue weighted by Gasteiger charge is 2.41. The molecule has 0 atom stereocenters. The van der Waals surface area contributed by atoms with E-state index in [1.165, 1.54) is 0 Å². The molecule has 0 amide bonds. The number of nitrogens with zero attached hydrogens (tertiary/aromatic N) is 1. The highest BCUT2D eigenvalue weighted by Crippen LogP contribution is 2.32. The highest BCUT2D eigenvalue weighted by atomic mass is 16.5. The van der Waals surface area contributed by atoms with E-state index in [0.717, 1.165) is 32.0 Å². The predicted octanol–water partition coefficient (Wildman–Crippen LogP) is 0.459. The summed E-state index contributed by atoms with van der Waals surface area (Å²) in [6, 6.07) is 0.903. The number of Topliss-reactive ketones (excluding diaryl/α,β-unsaturated/α-hetero) is 1. The first-order valence-electron chi connectivity index (χ1n) is 4.47. The van der Waals surface area contributed by atoms with Crippen molar-refractivity contribution in [3.63, 3.8) is 0 Å². The van der Waals surface area contributed by atoms with E-state index in [-0.39, 0.29) is 0 Å². The molecule has 0 aromatic heterocycles. The van der Waals surface area contributed by atoms with E-state index in [9.17, 15) is 4.79 Å². The fraction of sp³-hybridized carbons (Fsp3) is 0.778. The Morgan fingerprint density at radius 3 is 2.67 bits per heavy atom. The molecule has 0 aromatic rings. The number of piperidine rings is 3. The van der Waals surface area contributed by atoms with Gasteiger partial charge in [0.25, 0.3) is 0 Å². The first-order valence-corrected chi connectivity index (χ1v) is 4.47. The van der Waals surface area contributed by atoms with Gasteiger partial charge in [-0.05, 0) is 25.9 Å². The normalized spacial score (nSPS) is 35.9. The fourth-order valence-corrected chi connectivity index (χ4v) is 2.10. The van der Waals surface area contributed by atoms with Gasteiger partial charge in [0.15, 0.2) is 5.78 Å². The van der Waals surface area contributed by atoms with Gasteiger partial charge >= 0.3 is 0 Å². The number of fused-ring (bicyclic) bond motifs is 3. The third-order valence-corrected chi connectivity index (χ3v) is 2.81. The smallest absolute Gasteiger partial charge is 0.161 e. The van der Waals surface area contributed by atoms with E-state index in [2.05, 4.69) is 4.90 Å². The Morgan fingerprint density at radius 1 is 1.50 bits per heavy atom. The number of ketones is 1. The predicted molar refractivity (Wildman–Crippen MR) is 44.4 cm³/mol. The lowest BCUT2D eigenvalue weighted by Crippen LogP contribution is -2.51. The number of methoxy groups -OCH3 is 1. The molecule has 3 heteroatoms. The quantitative estimate of drug-likeness (QED) is 0.600. The molecule has 3 nitrogen and oxygen atoms in total. The first-order chi connectivity index (χ1) is 5.83. The van der Waals surface area contributed by atoms with Crippen LogP contribution in [-0.2, 0) is 9.53 Å². The minimum Gasteiger partial charge on any atom is -0.382 e. The topological polar surface area (TPSA) is 29.5 Å². The van der Waals surface area contributed by atoms with Crippen LogP contribution in [0.2, 0.25) is 0 Å². The maximum absolute atomic E-state index is 11.6. The summed E-state index contributed by atoms with van der Waals surface area (Å²) in [5.41, 5.74) is 0. The summed E-state index contributed by atoms with van der Waals surface area (Å²) in [5, 5.41) is 0. The van der Waals surface area contributed by atoms with Crippen molar-refractivity contribution in [1.29, 1.82) is 0 Å². The van der Waals surface area contributed by atoms with Crippen LogP contribution in [-0.4, -0.2) is 37.5 Å². The van der Waals surface area contributed by atoms with Gasteiger partial charge in [-0.15, -0.1) is 0 Å². The summed E-state index contributed by atoms with van der Waals surface area (Å²) in [4.78, 5) is 13.8. The number of hydrogen-bond acceptors (Lipinski definition) is 3. The third kappa shape index (κ3) is 1.17. The SMILES string of the molecule is COC[C]1C(=O)C2CCN1CC2. The van der Waals surface area contributed by atoms with Crippen molar-refractivity contribution < 1.29 is 9.53 Å². The molecule has 0 unspecified atom stereocenters. The van der Waals surface area contributed by atoms with Crippen LogP contribution >= 0.6 is 0 Å². The summed E-state index contributed by atoms with van der Waals surface area (Å²) in [6.07, 6.45) is 2.10. The molecule has 0 aromatic carbocycles. The second-order valence-corrected chi connectivity index (χ2v) is 3.51. The van der Waals surface area contributed by atoms with Crippen molar-refractivity contribution in [1.82, 2.24) is 4.90 Å². The maximum atomic E-state index is 11.6. The summed E-state index contributed by atoms with van der Waals surface area (Å²) >= 11 is 0. The van der Waals surface area contributed by atoms with Crippen LogP contribution in [0.1, 0.15) is 12.8 Å². The van der Waals surface area contributed by atoms with Crippen molar-refractivity contribution in [2.75, 3.05) is 26.8 Å². The number of hydrogen-bond donors (Lipinski definition) is 0. The molecule has 0 N–H and O–H groups in total. The van der Waals surface area contributed by atoms with Gasteiger partial charge in [-0.2, -0.15) is 0 Å². The van der Waals surface area contributed by atoms with E-state index in [4.69, 9.17) is 4.74 Å². The molecule has 0 aliphatic carbocycles. The molecule has 3 heterocycles. The monoisotopic (exact) mass is 168 g/mol.